The molecule has 1 heterocycles. The van der Waals surface area contributed by atoms with E-state index in [1.54, 1.807) is 0 Å². The Labute approximate surface area is 133 Å². The first-order chi connectivity index (χ1) is 11.1. The molecule has 0 saturated carbocycles. The fraction of sp³-hybridized carbons (Fsp3) is 0.294. The molecule has 4 nitrogen and oxygen atoms in total. The van der Waals surface area contributed by atoms with Crippen LogP contribution in [0.1, 0.15) is 5.56 Å². The van der Waals surface area contributed by atoms with Crippen molar-refractivity contribution in [2.45, 2.75) is 6.54 Å². The van der Waals surface area contributed by atoms with Crippen molar-refractivity contribution in [1.29, 1.82) is 0 Å². The molecule has 0 bridgehead atoms. The van der Waals surface area contributed by atoms with Crippen LogP contribution in [0.25, 0.3) is 0 Å². The zero-order valence-electron chi connectivity index (χ0n) is 12.6. The smallest absolute Gasteiger partial charge is 0.187 e. The highest BCUT2D eigenvalue weighted by Crippen LogP contribution is 2.26. The molecule has 23 heavy (non-hydrogen) atoms. The molecule has 6 heteroatoms. The molecule has 3 rings (SSSR count). The summed E-state index contributed by atoms with van der Waals surface area (Å²) in [4.78, 5) is 2.23. The molecule has 2 aromatic rings. The number of phenols is 1. The topological polar surface area (TPSA) is 44.7 Å². The first-order valence-electron chi connectivity index (χ1n) is 7.47. The lowest BCUT2D eigenvalue weighted by Crippen LogP contribution is -2.36. The number of hydrogen-bond donors (Lipinski definition) is 2. The summed E-state index contributed by atoms with van der Waals surface area (Å²) in [5, 5.41) is 12.1. The number of para-hydroxylation sites is 1. The molecule has 0 unspecified atom stereocenters. The van der Waals surface area contributed by atoms with E-state index in [0.29, 0.717) is 19.8 Å². The first-order valence-corrected chi connectivity index (χ1v) is 7.47. The average molecular weight is 320 g/mol. The van der Waals surface area contributed by atoms with Crippen LogP contribution in [-0.4, -0.2) is 31.4 Å². The SMILES string of the molecule is Oc1c(F)cc(NCc2ccccc2N2CCOCC2)cc1F. The van der Waals surface area contributed by atoms with Crippen molar-refractivity contribution in [3.8, 4) is 5.75 Å². The molecule has 1 fully saturated rings. The Balaban J connectivity index is 1.76. The zero-order valence-corrected chi connectivity index (χ0v) is 12.6. The summed E-state index contributed by atoms with van der Waals surface area (Å²) in [6.07, 6.45) is 0. The first kappa shape index (κ1) is 15.6. The van der Waals surface area contributed by atoms with Gasteiger partial charge in [-0.2, -0.15) is 0 Å². The van der Waals surface area contributed by atoms with Gasteiger partial charge in [0.1, 0.15) is 0 Å². The average Bonchev–Trinajstić information content (AvgIpc) is 2.59. The molecule has 2 N–H and O–H groups in total. The third-order valence-electron chi connectivity index (χ3n) is 3.84. The fourth-order valence-electron chi connectivity index (χ4n) is 2.64. The zero-order chi connectivity index (χ0) is 16.2. The van der Waals surface area contributed by atoms with Gasteiger partial charge in [0.15, 0.2) is 17.4 Å². The molecule has 2 aromatic carbocycles. The van der Waals surface area contributed by atoms with E-state index < -0.39 is 17.4 Å². The van der Waals surface area contributed by atoms with Crippen molar-refractivity contribution < 1.29 is 18.6 Å². The molecule has 0 radical (unpaired) electrons. The molecular formula is C17H18F2N2O2. The summed E-state index contributed by atoms with van der Waals surface area (Å²) in [6, 6.07) is 10.1. The van der Waals surface area contributed by atoms with Crippen LogP contribution >= 0.6 is 0 Å². The normalized spacial score (nSPS) is 14.8. The minimum Gasteiger partial charge on any atom is -0.503 e. The third-order valence-corrected chi connectivity index (χ3v) is 3.84. The number of rotatable bonds is 4. The van der Waals surface area contributed by atoms with Crippen molar-refractivity contribution in [1.82, 2.24) is 0 Å². The van der Waals surface area contributed by atoms with Crippen LogP contribution in [0.15, 0.2) is 36.4 Å². The van der Waals surface area contributed by atoms with Gasteiger partial charge in [0.25, 0.3) is 0 Å². The van der Waals surface area contributed by atoms with E-state index in [4.69, 9.17) is 9.84 Å². The Morgan fingerprint density at radius 1 is 1.09 bits per heavy atom. The molecule has 0 spiro atoms. The maximum atomic E-state index is 13.4. The fourth-order valence-corrected chi connectivity index (χ4v) is 2.64. The molecule has 1 aliphatic heterocycles. The van der Waals surface area contributed by atoms with Gasteiger partial charge in [0.2, 0.25) is 0 Å². The number of ether oxygens (including phenoxy) is 1. The number of phenolic OH excluding ortho intramolecular Hbond substituents is 1. The van der Waals surface area contributed by atoms with E-state index >= 15 is 0 Å². The molecule has 1 aliphatic rings. The quantitative estimate of drug-likeness (QED) is 0.850. The van der Waals surface area contributed by atoms with Gasteiger partial charge in [-0.25, -0.2) is 8.78 Å². The van der Waals surface area contributed by atoms with Crippen LogP contribution in [0.2, 0.25) is 0 Å². The molecular weight excluding hydrogens is 302 g/mol. The lowest BCUT2D eigenvalue weighted by molar-refractivity contribution is 0.122. The number of nitrogens with one attached hydrogen (secondary N) is 1. The van der Waals surface area contributed by atoms with Crippen LogP contribution in [0.4, 0.5) is 20.2 Å². The number of nitrogens with zero attached hydrogens (tertiary/aromatic N) is 1. The Morgan fingerprint density at radius 3 is 2.43 bits per heavy atom. The lowest BCUT2D eigenvalue weighted by Gasteiger charge is -2.30. The molecule has 0 aliphatic carbocycles. The summed E-state index contributed by atoms with van der Waals surface area (Å²) in [7, 11) is 0. The van der Waals surface area contributed by atoms with Crippen LogP contribution < -0.4 is 10.2 Å². The second-order valence-corrected chi connectivity index (χ2v) is 5.37. The summed E-state index contributed by atoms with van der Waals surface area (Å²) in [6.45, 7) is 3.45. The van der Waals surface area contributed by atoms with Gasteiger partial charge in [-0.15, -0.1) is 0 Å². The highest BCUT2D eigenvalue weighted by Gasteiger charge is 2.15. The van der Waals surface area contributed by atoms with Gasteiger partial charge < -0.3 is 20.1 Å². The Kier molecular flexibility index (Phi) is 4.62. The summed E-state index contributed by atoms with van der Waals surface area (Å²) < 4.78 is 32.1. The maximum Gasteiger partial charge on any atom is 0.187 e. The van der Waals surface area contributed by atoms with Gasteiger partial charge in [-0.05, 0) is 11.6 Å². The van der Waals surface area contributed by atoms with Crippen LogP contribution in [0, 0.1) is 11.6 Å². The Morgan fingerprint density at radius 2 is 1.74 bits per heavy atom. The van der Waals surface area contributed by atoms with Gasteiger partial charge >= 0.3 is 0 Å². The second-order valence-electron chi connectivity index (χ2n) is 5.37. The number of halogens is 2. The molecule has 122 valence electrons. The van der Waals surface area contributed by atoms with Crippen molar-refractivity contribution in [3.05, 3.63) is 53.6 Å². The molecule has 0 amide bonds. The van der Waals surface area contributed by atoms with Gasteiger partial charge in [0, 0.05) is 43.1 Å². The van der Waals surface area contributed by atoms with E-state index in [-0.39, 0.29) is 5.69 Å². The van der Waals surface area contributed by atoms with E-state index in [1.807, 2.05) is 24.3 Å². The summed E-state index contributed by atoms with van der Waals surface area (Å²) in [5.74, 6) is -2.91. The van der Waals surface area contributed by atoms with Gasteiger partial charge in [-0.3, -0.25) is 0 Å². The van der Waals surface area contributed by atoms with E-state index in [0.717, 1.165) is 36.5 Å². The summed E-state index contributed by atoms with van der Waals surface area (Å²) >= 11 is 0. The highest BCUT2D eigenvalue weighted by molar-refractivity contribution is 5.56. The van der Waals surface area contributed by atoms with Crippen molar-refractivity contribution >= 4 is 11.4 Å². The van der Waals surface area contributed by atoms with Gasteiger partial charge in [-0.1, -0.05) is 18.2 Å². The van der Waals surface area contributed by atoms with Crippen LogP contribution in [0.3, 0.4) is 0 Å². The standard InChI is InChI=1S/C17H18F2N2O2/c18-14-9-13(10-15(19)17(14)22)20-11-12-3-1-2-4-16(12)21-5-7-23-8-6-21/h1-4,9-10,20,22H,5-8,11H2. The Bertz CT molecular complexity index is 665. The molecule has 1 saturated heterocycles. The highest BCUT2D eigenvalue weighted by atomic mass is 19.1. The number of aromatic hydroxyl groups is 1. The maximum absolute atomic E-state index is 13.4. The predicted molar refractivity (Wildman–Crippen MR) is 84.8 cm³/mol. The second kappa shape index (κ2) is 6.83. The minimum absolute atomic E-state index is 0.287. The summed E-state index contributed by atoms with van der Waals surface area (Å²) in [5.41, 5.74) is 2.40. The number of hydrogen-bond acceptors (Lipinski definition) is 4. The van der Waals surface area contributed by atoms with Crippen LogP contribution in [0.5, 0.6) is 5.75 Å². The van der Waals surface area contributed by atoms with Crippen molar-refractivity contribution in [2.75, 3.05) is 36.5 Å². The minimum atomic E-state index is -0.978. The van der Waals surface area contributed by atoms with Crippen molar-refractivity contribution in [3.63, 3.8) is 0 Å². The van der Waals surface area contributed by atoms with E-state index in [2.05, 4.69) is 10.2 Å². The predicted octanol–water partition coefficient (Wildman–Crippen LogP) is 3.12. The van der Waals surface area contributed by atoms with E-state index in [1.165, 1.54) is 0 Å². The lowest BCUT2D eigenvalue weighted by atomic mass is 10.1. The van der Waals surface area contributed by atoms with Gasteiger partial charge in [0.05, 0.1) is 13.2 Å². The third kappa shape index (κ3) is 3.53. The Hall–Kier alpha value is -2.34. The molecule has 0 atom stereocenters. The molecule has 0 aromatic heterocycles. The van der Waals surface area contributed by atoms with Crippen molar-refractivity contribution in [2.24, 2.45) is 0 Å². The van der Waals surface area contributed by atoms with Crippen LogP contribution in [-0.2, 0) is 11.3 Å². The number of benzene rings is 2. The number of morpholine rings is 1. The number of anilines is 2. The monoisotopic (exact) mass is 320 g/mol. The largest absolute Gasteiger partial charge is 0.503 e. The van der Waals surface area contributed by atoms with E-state index in [9.17, 15) is 8.78 Å².